The molecule has 2 heterocycles. The fourth-order valence-corrected chi connectivity index (χ4v) is 4.09. The van der Waals surface area contributed by atoms with Crippen LogP contribution < -0.4 is 14.8 Å². The summed E-state index contributed by atoms with van der Waals surface area (Å²) in [6.07, 6.45) is 5.00. The Morgan fingerprint density at radius 1 is 1.34 bits per heavy atom. The monoisotopic (exact) mass is 399 g/mol. The minimum Gasteiger partial charge on any atom is -0.497 e. The van der Waals surface area contributed by atoms with Crippen molar-refractivity contribution in [2.24, 2.45) is 0 Å². The van der Waals surface area contributed by atoms with Gasteiger partial charge in [0.05, 0.1) is 7.11 Å². The van der Waals surface area contributed by atoms with Crippen LogP contribution in [-0.2, 0) is 19.4 Å². The number of benzene rings is 1. The number of methoxy groups -OCH3 is 1. The first-order valence-corrected chi connectivity index (χ1v) is 10.5. The van der Waals surface area contributed by atoms with Crippen LogP contribution in [0.2, 0.25) is 0 Å². The summed E-state index contributed by atoms with van der Waals surface area (Å²) in [5.74, 6) is 2.48. The lowest BCUT2D eigenvalue weighted by Crippen LogP contribution is -2.38. The molecule has 29 heavy (non-hydrogen) atoms. The minimum absolute atomic E-state index is 0.128. The van der Waals surface area contributed by atoms with E-state index in [2.05, 4.69) is 22.3 Å². The molecule has 1 amide bonds. The predicted octanol–water partition coefficient (Wildman–Crippen LogP) is 2.97. The second-order valence-corrected chi connectivity index (χ2v) is 7.75. The Morgan fingerprint density at radius 2 is 2.21 bits per heavy atom. The normalized spacial score (nSPS) is 18.9. The van der Waals surface area contributed by atoms with Gasteiger partial charge in [-0.25, -0.2) is 0 Å². The van der Waals surface area contributed by atoms with Gasteiger partial charge < -0.3 is 19.3 Å². The lowest BCUT2D eigenvalue weighted by molar-refractivity contribution is 0.0933. The largest absolute Gasteiger partial charge is 0.497 e. The number of amides is 1. The molecule has 1 aromatic carbocycles. The summed E-state index contributed by atoms with van der Waals surface area (Å²) < 4.78 is 16.9. The topological polar surface area (TPSA) is 76.8 Å². The van der Waals surface area contributed by atoms with E-state index in [1.165, 1.54) is 0 Å². The molecule has 7 heteroatoms. The van der Waals surface area contributed by atoms with Gasteiger partial charge >= 0.3 is 0 Å². The number of ether oxygens (including phenoxy) is 2. The molecule has 1 atom stereocenters. The molecule has 1 N–H and O–H groups in total. The van der Waals surface area contributed by atoms with E-state index in [-0.39, 0.29) is 12.0 Å². The smallest absolute Gasteiger partial charge is 0.273 e. The van der Waals surface area contributed by atoms with Crippen LogP contribution in [0.3, 0.4) is 0 Å². The SMILES string of the molecule is CC[C@@H]1CN(CCNC(=O)c2noc3c2CCCC3)Cc2cc(OC)ccc2O1. The highest BCUT2D eigenvalue weighted by molar-refractivity contribution is 5.93. The molecule has 0 unspecified atom stereocenters. The Bertz CT molecular complexity index is 864. The van der Waals surface area contributed by atoms with Gasteiger partial charge in [0.1, 0.15) is 23.4 Å². The van der Waals surface area contributed by atoms with Gasteiger partial charge in [0.2, 0.25) is 0 Å². The van der Waals surface area contributed by atoms with Gasteiger partial charge in [0, 0.05) is 43.7 Å². The number of carbonyl (C=O) groups is 1. The first-order valence-electron chi connectivity index (χ1n) is 10.5. The Hall–Kier alpha value is -2.54. The molecule has 0 fully saturated rings. The molecule has 0 saturated carbocycles. The molecule has 1 aliphatic heterocycles. The fraction of sp³-hybridized carbons (Fsp3) is 0.545. The van der Waals surface area contributed by atoms with E-state index in [4.69, 9.17) is 14.0 Å². The number of aryl methyl sites for hydroxylation is 1. The van der Waals surface area contributed by atoms with Crippen LogP contribution in [0.5, 0.6) is 11.5 Å². The molecule has 7 nitrogen and oxygen atoms in total. The third-order valence-corrected chi connectivity index (χ3v) is 5.75. The number of aromatic nitrogens is 1. The number of hydrogen-bond acceptors (Lipinski definition) is 6. The third kappa shape index (κ3) is 4.40. The zero-order chi connectivity index (χ0) is 20.2. The molecule has 2 aromatic rings. The van der Waals surface area contributed by atoms with Crippen molar-refractivity contribution < 1.29 is 18.8 Å². The van der Waals surface area contributed by atoms with Crippen molar-refractivity contribution in [1.82, 2.24) is 15.4 Å². The standard InChI is InChI=1S/C22H29N3O4/c1-3-16-14-25(13-15-12-17(27-2)8-9-19(15)28-16)11-10-23-22(26)21-18-6-4-5-7-20(18)29-24-21/h8-9,12,16H,3-7,10-11,13-14H2,1-2H3,(H,23,26)/t16-/m1/s1. The van der Waals surface area contributed by atoms with E-state index in [1.807, 2.05) is 18.2 Å². The highest BCUT2D eigenvalue weighted by atomic mass is 16.5. The van der Waals surface area contributed by atoms with Crippen LogP contribution in [0.25, 0.3) is 0 Å². The Kier molecular flexibility index (Phi) is 6.04. The van der Waals surface area contributed by atoms with Crippen molar-refractivity contribution in [2.45, 2.75) is 51.7 Å². The average molecular weight is 399 g/mol. The van der Waals surface area contributed by atoms with Gasteiger partial charge in [0.15, 0.2) is 5.69 Å². The van der Waals surface area contributed by atoms with Crippen molar-refractivity contribution in [3.05, 3.63) is 40.8 Å². The summed E-state index contributed by atoms with van der Waals surface area (Å²) in [6.45, 7) is 5.01. The first kappa shape index (κ1) is 19.8. The second kappa shape index (κ2) is 8.86. The molecule has 0 saturated heterocycles. The molecule has 0 spiro atoms. The molecule has 2 aliphatic rings. The molecular weight excluding hydrogens is 370 g/mol. The quantitative estimate of drug-likeness (QED) is 0.805. The van der Waals surface area contributed by atoms with E-state index < -0.39 is 0 Å². The van der Waals surface area contributed by atoms with E-state index in [1.54, 1.807) is 7.11 Å². The third-order valence-electron chi connectivity index (χ3n) is 5.75. The van der Waals surface area contributed by atoms with E-state index in [0.29, 0.717) is 12.2 Å². The maximum atomic E-state index is 12.6. The van der Waals surface area contributed by atoms with Crippen molar-refractivity contribution in [3.8, 4) is 11.5 Å². The summed E-state index contributed by atoms with van der Waals surface area (Å²) in [4.78, 5) is 14.9. The van der Waals surface area contributed by atoms with Crippen LogP contribution >= 0.6 is 0 Å². The first-order chi connectivity index (χ1) is 14.2. The van der Waals surface area contributed by atoms with E-state index in [9.17, 15) is 4.79 Å². The van der Waals surface area contributed by atoms with Gasteiger partial charge in [-0.05, 0) is 43.9 Å². The lowest BCUT2D eigenvalue weighted by Gasteiger charge is -2.23. The summed E-state index contributed by atoms with van der Waals surface area (Å²) in [7, 11) is 1.67. The highest BCUT2D eigenvalue weighted by Gasteiger charge is 2.25. The molecule has 156 valence electrons. The van der Waals surface area contributed by atoms with E-state index in [0.717, 1.165) is 80.1 Å². The number of nitrogens with one attached hydrogen (secondary N) is 1. The Balaban J connectivity index is 1.38. The molecule has 1 aliphatic carbocycles. The average Bonchev–Trinajstić information content (AvgIpc) is 3.09. The number of fused-ring (bicyclic) bond motifs is 2. The van der Waals surface area contributed by atoms with Crippen LogP contribution in [0, 0.1) is 0 Å². The summed E-state index contributed by atoms with van der Waals surface area (Å²) >= 11 is 0. The van der Waals surface area contributed by atoms with Crippen LogP contribution in [0.1, 0.15) is 53.6 Å². The molecule has 4 rings (SSSR count). The number of rotatable bonds is 6. The van der Waals surface area contributed by atoms with Crippen molar-refractivity contribution in [2.75, 3.05) is 26.7 Å². The molecule has 0 radical (unpaired) electrons. The van der Waals surface area contributed by atoms with Crippen molar-refractivity contribution in [3.63, 3.8) is 0 Å². The minimum atomic E-state index is -0.142. The Morgan fingerprint density at radius 3 is 3.03 bits per heavy atom. The maximum Gasteiger partial charge on any atom is 0.273 e. The fourth-order valence-electron chi connectivity index (χ4n) is 4.09. The predicted molar refractivity (Wildman–Crippen MR) is 108 cm³/mol. The maximum absolute atomic E-state index is 12.6. The Labute approximate surface area is 171 Å². The van der Waals surface area contributed by atoms with Crippen LogP contribution in [0.4, 0.5) is 0 Å². The van der Waals surface area contributed by atoms with Gasteiger partial charge in [-0.3, -0.25) is 9.69 Å². The number of carbonyl (C=O) groups excluding carboxylic acids is 1. The summed E-state index contributed by atoms with van der Waals surface area (Å²) in [6, 6.07) is 5.94. The van der Waals surface area contributed by atoms with Crippen molar-refractivity contribution >= 4 is 5.91 Å². The van der Waals surface area contributed by atoms with Gasteiger partial charge in [-0.1, -0.05) is 12.1 Å². The van der Waals surface area contributed by atoms with E-state index >= 15 is 0 Å². The van der Waals surface area contributed by atoms with Gasteiger partial charge in [-0.15, -0.1) is 0 Å². The molecule has 0 bridgehead atoms. The lowest BCUT2D eigenvalue weighted by atomic mass is 9.96. The van der Waals surface area contributed by atoms with Crippen molar-refractivity contribution in [1.29, 1.82) is 0 Å². The second-order valence-electron chi connectivity index (χ2n) is 7.75. The zero-order valence-corrected chi connectivity index (χ0v) is 17.2. The molecular formula is C22H29N3O4. The van der Waals surface area contributed by atoms with Crippen LogP contribution in [-0.4, -0.2) is 48.8 Å². The van der Waals surface area contributed by atoms with Gasteiger partial charge in [-0.2, -0.15) is 0 Å². The summed E-state index contributed by atoms with van der Waals surface area (Å²) in [5, 5.41) is 7.03. The van der Waals surface area contributed by atoms with Crippen LogP contribution in [0.15, 0.2) is 22.7 Å². The number of nitrogens with zero attached hydrogens (tertiary/aromatic N) is 2. The number of hydrogen-bond donors (Lipinski definition) is 1. The summed E-state index contributed by atoms with van der Waals surface area (Å²) in [5.41, 5.74) is 2.56. The molecule has 1 aromatic heterocycles. The van der Waals surface area contributed by atoms with Gasteiger partial charge in [0.25, 0.3) is 5.91 Å². The highest BCUT2D eigenvalue weighted by Crippen LogP contribution is 2.29. The zero-order valence-electron chi connectivity index (χ0n) is 17.2.